The Morgan fingerprint density at radius 3 is 2.56 bits per heavy atom. The van der Waals surface area contributed by atoms with E-state index in [-0.39, 0.29) is 6.61 Å². The molecule has 0 bridgehead atoms. The lowest BCUT2D eigenvalue weighted by Gasteiger charge is -2.20. The van der Waals surface area contributed by atoms with Crippen molar-refractivity contribution < 1.29 is 18.7 Å². The Labute approximate surface area is 145 Å². The lowest BCUT2D eigenvalue weighted by Crippen LogP contribution is -2.49. The van der Waals surface area contributed by atoms with Gasteiger partial charge in [-0.3, -0.25) is 10.1 Å². The molecule has 3 amide bonds. The quantitative estimate of drug-likeness (QED) is 0.828. The monoisotopic (exact) mass is 346 g/mol. The number of rotatable bonds is 4. The predicted molar refractivity (Wildman–Crippen MR) is 93.8 cm³/mol. The zero-order valence-corrected chi connectivity index (χ0v) is 14.8. The summed E-state index contributed by atoms with van der Waals surface area (Å²) in [6.07, 6.45) is 0.702. The van der Waals surface area contributed by atoms with Gasteiger partial charge in [0.2, 0.25) is 0 Å². The van der Waals surface area contributed by atoms with Crippen molar-refractivity contribution in [2.24, 2.45) is 0 Å². The molecule has 0 unspecified atom stereocenters. The fourth-order valence-electron chi connectivity index (χ4n) is 2.28. The van der Waals surface area contributed by atoms with Gasteiger partial charge in [-0.05, 0) is 44.9 Å². The number of fused-ring (bicyclic) bond motifs is 1. The van der Waals surface area contributed by atoms with Crippen LogP contribution in [0.4, 0.5) is 4.79 Å². The standard InChI is InChI=1S/C18H22N2O5/c1-5-11-8-16(22)25-14-9-12(6-7-13(11)14)24-10-15(21)19-17(23)20-18(2,3)4/h6-9H,5,10H2,1-4H3,(H2,19,20,21,23). The molecule has 0 aliphatic heterocycles. The Balaban J connectivity index is 2.02. The fourth-order valence-corrected chi connectivity index (χ4v) is 2.28. The largest absolute Gasteiger partial charge is 0.484 e. The van der Waals surface area contributed by atoms with Gasteiger partial charge in [0.05, 0.1) is 0 Å². The molecule has 1 aromatic heterocycles. The molecule has 7 nitrogen and oxygen atoms in total. The van der Waals surface area contributed by atoms with Gasteiger partial charge >= 0.3 is 11.7 Å². The molecule has 0 spiro atoms. The number of aryl methyl sites for hydroxylation is 1. The number of carbonyl (C=O) groups is 2. The molecule has 0 atom stereocenters. The van der Waals surface area contributed by atoms with E-state index in [0.29, 0.717) is 17.8 Å². The first-order valence-corrected chi connectivity index (χ1v) is 7.99. The number of urea groups is 1. The highest BCUT2D eigenvalue weighted by Gasteiger charge is 2.16. The summed E-state index contributed by atoms with van der Waals surface area (Å²) in [5.41, 5.74) is 0.401. The van der Waals surface area contributed by atoms with Crippen LogP contribution >= 0.6 is 0 Å². The van der Waals surface area contributed by atoms with Gasteiger partial charge in [-0.25, -0.2) is 9.59 Å². The second-order valence-corrected chi connectivity index (χ2v) is 6.64. The topological polar surface area (TPSA) is 97.6 Å². The number of hydrogen-bond donors (Lipinski definition) is 2. The minimum atomic E-state index is -0.585. The van der Waals surface area contributed by atoms with E-state index in [0.717, 1.165) is 10.9 Å². The van der Waals surface area contributed by atoms with Crippen LogP contribution in [-0.4, -0.2) is 24.1 Å². The molecule has 134 valence electrons. The number of ether oxygens (including phenoxy) is 1. The molecule has 2 aromatic rings. The van der Waals surface area contributed by atoms with Crippen molar-refractivity contribution in [3.05, 3.63) is 40.2 Å². The van der Waals surface area contributed by atoms with E-state index in [4.69, 9.17) is 9.15 Å². The number of nitrogens with one attached hydrogen (secondary N) is 2. The van der Waals surface area contributed by atoms with Crippen molar-refractivity contribution in [3.8, 4) is 5.75 Å². The van der Waals surface area contributed by atoms with Crippen LogP contribution < -0.4 is 21.0 Å². The van der Waals surface area contributed by atoms with Crippen molar-refractivity contribution >= 4 is 22.9 Å². The lowest BCUT2D eigenvalue weighted by atomic mass is 10.1. The van der Waals surface area contributed by atoms with E-state index in [1.807, 2.05) is 6.92 Å². The molecule has 0 saturated carbocycles. The van der Waals surface area contributed by atoms with Gasteiger partial charge in [-0.2, -0.15) is 0 Å². The third kappa shape index (κ3) is 5.34. The molecule has 0 aliphatic carbocycles. The minimum absolute atomic E-state index is 0.333. The zero-order chi connectivity index (χ0) is 18.6. The second-order valence-electron chi connectivity index (χ2n) is 6.64. The summed E-state index contributed by atoms with van der Waals surface area (Å²) in [6.45, 7) is 7.04. The normalized spacial score (nSPS) is 11.2. The lowest BCUT2D eigenvalue weighted by molar-refractivity contribution is -0.122. The third-order valence-electron chi connectivity index (χ3n) is 3.29. The number of carbonyl (C=O) groups excluding carboxylic acids is 2. The molecule has 0 radical (unpaired) electrons. The first-order chi connectivity index (χ1) is 11.7. The SMILES string of the molecule is CCc1cc(=O)oc2cc(OCC(=O)NC(=O)NC(C)(C)C)ccc12. The summed E-state index contributed by atoms with van der Waals surface area (Å²) >= 11 is 0. The van der Waals surface area contributed by atoms with Crippen LogP contribution in [0, 0.1) is 0 Å². The van der Waals surface area contributed by atoms with Crippen LogP contribution in [0.3, 0.4) is 0 Å². The van der Waals surface area contributed by atoms with Gasteiger partial charge in [0.15, 0.2) is 6.61 Å². The van der Waals surface area contributed by atoms with Gasteiger partial charge in [0.25, 0.3) is 5.91 Å². The summed E-state index contributed by atoms with van der Waals surface area (Å²) in [5.74, 6) is -0.208. The van der Waals surface area contributed by atoms with E-state index in [1.165, 1.54) is 6.07 Å². The van der Waals surface area contributed by atoms with Crippen molar-refractivity contribution in [2.45, 2.75) is 39.7 Å². The molecule has 0 saturated heterocycles. The number of benzene rings is 1. The van der Waals surface area contributed by atoms with Crippen LogP contribution in [0.5, 0.6) is 5.75 Å². The van der Waals surface area contributed by atoms with Crippen molar-refractivity contribution in [3.63, 3.8) is 0 Å². The van der Waals surface area contributed by atoms with Crippen LogP contribution in [0.25, 0.3) is 11.0 Å². The molecular weight excluding hydrogens is 324 g/mol. The predicted octanol–water partition coefficient (Wildman–Crippen LogP) is 2.36. The molecule has 1 aromatic carbocycles. The van der Waals surface area contributed by atoms with Crippen molar-refractivity contribution in [1.82, 2.24) is 10.6 Å². The Morgan fingerprint density at radius 1 is 1.20 bits per heavy atom. The van der Waals surface area contributed by atoms with E-state index >= 15 is 0 Å². The van der Waals surface area contributed by atoms with Gasteiger partial charge < -0.3 is 14.5 Å². The Morgan fingerprint density at radius 2 is 1.92 bits per heavy atom. The average Bonchev–Trinajstić information content (AvgIpc) is 2.49. The number of hydrogen-bond acceptors (Lipinski definition) is 5. The van der Waals surface area contributed by atoms with Gasteiger partial charge in [-0.15, -0.1) is 0 Å². The van der Waals surface area contributed by atoms with E-state index in [2.05, 4.69) is 10.6 Å². The summed E-state index contributed by atoms with van der Waals surface area (Å²) < 4.78 is 10.5. The van der Waals surface area contributed by atoms with E-state index < -0.39 is 23.1 Å². The van der Waals surface area contributed by atoms with Crippen molar-refractivity contribution in [2.75, 3.05) is 6.61 Å². The van der Waals surface area contributed by atoms with Gasteiger partial charge in [0, 0.05) is 23.1 Å². The summed E-state index contributed by atoms with van der Waals surface area (Å²) in [7, 11) is 0. The highest BCUT2D eigenvalue weighted by molar-refractivity contribution is 5.95. The number of amides is 3. The maximum Gasteiger partial charge on any atom is 0.336 e. The van der Waals surface area contributed by atoms with Gasteiger partial charge in [-0.1, -0.05) is 6.92 Å². The highest BCUT2D eigenvalue weighted by Crippen LogP contribution is 2.22. The molecule has 1 heterocycles. The van der Waals surface area contributed by atoms with E-state index in [1.54, 1.807) is 39.0 Å². The van der Waals surface area contributed by atoms with Crippen LogP contribution in [-0.2, 0) is 11.2 Å². The van der Waals surface area contributed by atoms with E-state index in [9.17, 15) is 14.4 Å². The molecule has 2 N–H and O–H groups in total. The molecule has 25 heavy (non-hydrogen) atoms. The maximum atomic E-state index is 11.8. The first kappa shape index (κ1) is 18.5. The van der Waals surface area contributed by atoms with Crippen LogP contribution in [0.1, 0.15) is 33.3 Å². The minimum Gasteiger partial charge on any atom is -0.484 e. The highest BCUT2D eigenvalue weighted by atomic mass is 16.5. The number of imide groups is 1. The second kappa shape index (κ2) is 7.38. The first-order valence-electron chi connectivity index (χ1n) is 7.99. The third-order valence-corrected chi connectivity index (χ3v) is 3.29. The van der Waals surface area contributed by atoms with Gasteiger partial charge in [0.1, 0.15) is 11.3 Å². The Bertz CT molecular complexity index is 849. The summed E-state index contributed by atoms with van der Waals surface area (Å²) in [6, 6.07) is 5.89. The van der Waals surface area contributed by atoms with Crippen LogP contribution in [0.15, 0.2) is 33.5 Å². The van der Waals surface area contributed by atoms with Crippen LogP contribution in [0.2, 0.25) is 0 Å². The molecular formula is C18H22N2O5. The average molecular weight is 346 g/mol. The smallest absolute Gasteiger partial charge is 0.336 e. The van der Waals surface area contributed by atoms with Crippen molar-refractivity contribution in [1.29, 1.82) is 0 Å². The summed E-state index contributed by atoms with van der Waals surface area (Å²) in [4.78, 5) is 34.9. The molecule has 0 fully saturated rings. The summed E-state index contributed by atoms with van der Waals surface area (Å²) in [5, 5.41) is 5.62. The fraction of sp³-hybridized carbons (Fsp3) is 0.389. The molecule has 7 heteroatoms. The maximum absolute atomic E-state index is 11.8. The molecule has 0 aliphatic rings. The Hall–Kier alpha value is -2.83. The molecule has 2 rings (SSSR count). The Kier molecular flexibility index (Phi) is 5.46. The zero-order valence-electron chi connectivity index (χ0n) is 14.8.